The molecule has 0 heterocycles. The molecule has 0 radical (unpaired) electrons. The number of hydrogen-bond acceptors (Lipinski definition) is 3. The van der Waals surface area contributed by atoms with Gasteiger partial charge in [-0.2, -0.15) is 19.3 Å². The van der Waals surface area contributed by atoms with Gasteiger partial charge < -0.3 is 4.74 Å². The average molecular weight is 208 g/mol. The lowest BCUT2D eigenvalue weighted by Crippen LogP contribution is -2.19. The normalized spacial score (nSPS) is 10.2. The molecule has 0 aliphatic rings. The number of ether oxygens (including phenoxy) is 1. The van der Waals surface area contributed by atoms with Crippen molar-refractivity contribution in [3.8, 4) is 17.9 Å². The molecule has 0 atom stereocenters. The summed E-state index contributed by atoms with van der Waals surface area (Å²) in [5.74, 6) is -0.232. The summed E-state index contributed by atoms with van der Waals surface area (Å²) in [5, 5.41) is 17.2. The van der Waals surface area contributed by atoms with Crippen LogP contribution in [0.5, 0.6) is 5.75 Å². The smallest absolute Gasteiger partial charge is 0.394 e. The minimum Gasteiger partial charge on any atom is -0.431 e. The van der Waals surface area contributed by atoms with Crippen LogP contribution in [0.3, 0.4) is 0 Å². The number of nitriles is 2. The number of nitrogens with zero attached hydrogens (tertiary/aromatic N) is 2. The number of hydrogen-bond donors (Lipinski definition) is 0. The summed E-state index contributed by atoms with van der Waals surface area (Å²) in [6.07, 6.45) is -3.35. The first-order chi connectivity index (χ1) is 6.96. The molecule has 15 heavy (non-hydrogen) atoms. The predicted octanol–water partition coefficient (Wildman–Crippen LogP) is 2.42. The van der Waals surface area contributed by atoms with Crippen molar-refractivity contribution in [2.45, 2.75) is 13.0 Å². The molecule has 1 aromatic rings. The Balaban J connectivity index is 3.11. The fourth-order valence-electron chi connectivity index (χ4n) is 0.969. The van der Waals surface area contributed by atoms with Gasteiger partial charge in [0.25, 0.3) is 0 Å². The molecule has 0 spiro atoms. The van der Waals surface area contributed by atoms with E-state index in [4.69, 9.17) is 10.5 Å². The number of benzene rings is 1. The summed E-state index contributed by atoms with van der Waals surface area (Å²) in [6.45, 7) is 0.576. The van der Waals surface area contributed by atoms with Crippen LogP contribution >= 0.6 is 0 Å². The third-order valence-electron chi connectivity index (χ3n) is 1.52. The molecule has 0 saturated heterocycles. The van der Waals surface area contributed by atoms with Crippen LogP contribution in [-0.2, 0) is 0 Å². The van der Waals surface area contributed by atoms with E-state index in [1.807, 2.05) is 0 Å². The van der Waals surface area contributed by atoms with E-state index in [0.717, 1.165) is 0 Å². The van der Waals surface area contributed by atoms with Crippen molar-refractivity contribution in [2.75, 3.05) is 0 Å². The number of halogens is 2. The van der Waals surface area contributed by atoms with Crippen molar-refractivity contribution in [1.29, 1.82) is 10.5 Å². The molecule has 0 aliphatic heterocycles. The second kappa shape index (κ2) is 3.93. The van der Waals surface area contributed by atoms with Crippen molar-refractivity contribution >= 4 is 0 Å². The molecule has 0 aliphatic carbocycles. The molecule has 0 amide bonds. The van der Waals surface area contributed by atoms with Gasteiger partial charge in [0.1, 0.15) is 11.8 Å². The Kier molecular flexibility index (Phi) is 2.87. The molecule has 5 heteroatoms. The van der Waals surface area contributed by atoms with E-state index in [1.54, 1.807) is 12.1 Å². The van der Waals surface area contributed by atoms with Crippen molar-refractivity contribution in [2.24, 2.45) is 0 Å². The van der Waals surface area contributed by atoms with Crippen LogP contribution < -0.4 is 4.74 Å². The van der Waals surface area contributed by atoms with Crippen LogP contribution in [0, 0.1) is 22.7 Å². The molecule has 76 valence electrons. The van der Waals surface area contributed by atoms with Crippen molar-refractivity contribution in [1.82, 2.24) is 0 Å². The minimum absolute atomic E-state index is 0.0874. The van der Waals surface area contributed by atoms with Crippen LogP contribution in [0.15, 0.2) is 18.2 Å². The summed E-state index contributed by atoms with van der Waals surface area (Å²) in [7, 11) is 0. The van der Waals surface area contributed by atoms with Gasteiger partial charge in [0, 0.05) is 6.92 Å². The van der Waals surface area contributed by atoms with Gasteiger partial charge in [-0.25, -0.2) is 0 Å². The first kappa shape index (κ1) is 10.9. The fourth-order valence-corrected chi connectivity index (χ4v) is 0.969. The standard InChI is InChI=1S/C10H6F2N2O/c1-10(11,12)15-9-3-2-7(5-13)4-8(9)6-14/h2-4H,1H3. The van der Waals surface area contributed by atoms with Crippen LogP contribution in [0.1, 0.15) is 18.1 Å². The molecule has 0 N–H and O–H groups in total. The zero-order valence-electron chi connectivity index (χ0n) is 7.79. The molecular formula is C10H6F2N2O. The molecule has 1 aromatic carbocycles. The van der Waals surface area contributed by atoms with Crippen LogP contribution in [0.25, 0.3) is 0 Å². The lowest BCUT2D eigenvalue weighted by Gasteiger charge is -2.13. The molecule has 0 saturated carbocycles. The van der Waals surface area contributed by atoms with Crippen molar-refractivity contribution < 1.29 is 13.5 Å². The Bertz CT molecular complexity index is 452. The van der Waals surface area contributed by atoms with E-state index in [-0.39, 0.29) is 16.9 Å². The minimum atomic E-state index is -3.35. The van der Waals surface area contributed by atoms with Crippen molar-refractivity contribution in [3.05, 3.63) is 29.3 Å². The van der Waals surface area contributed by atoms with Gasteiger partial charge in [0.05, 0.1) is 17.2 Å². The maximum atomic E-state index is 12.5. The van der Waals surface area contributed by atoms with Gasteiger partial charge >= 0.3 is 6.11 Å². The molecule has 3 nitrogen and oxygen atoms in total. The van der Waals surface area contributed by atoms with Crippen molar-refractivity contribution in [3.63, 3.8) is 0 Å². The van der Waals surface area contributed by atoms with Gasteiger partial charge in [-0.1, -0.05) is 0 Å². The summed E-state index contributed by atoms with van der Waals surface area (Å²) < 4.78 is 29.3. The molecular weight excluding hydrogens is 202 g/mol. The second-order valence-electron chi connectivity index (χ2n) is 2.84. The highest BCUT2D eigenvalue weighted by Gasteiger charge is 2.24. The molecule has 0 unspecified atom stereocenters. The van der Waals surface area contributed by atoms with Crippen LogP contribution in [-0.4, -0.2) is 6.11 Å². The summed E-state index contributed by atoms with van der Waals surface area (Å²) in [6, 6.07) is 7.16. The van der Waals surface area contributed by atoms with E-state index in [0.29, 0.717) is 6.92 Å². The largest absolute Gasteiger partial charge is 0.431 e. The number of rotatable bonds is 2. The Morgan fingerprint density at radius 3 is 2.40 bits per heavy atom. The highest BCUT2D eigenvalue weighted by Crippen LogP contribution is 2.25. The lowest BCUT2D eigenvalue weighted by atomic mass is 10.1. The maximum absolute atomic E-state index is 12.5. The fraction of sp³-hybridized carbons (Fsp3) is 0.200. The Morgan fingerprint density at radius 2 is 1.93 bits per heavy atom. The molecule has 1 rings (SSSR count). The molecule has 0 fully saturated rings. The van der Waals surface area contributed by atoms with Crippen LogP contribution in [0.2, 0.25) is 0 Å². The van der Waals surface area contributed by atoms with E-state index in [2.05, 4.69) is 4.74 Å². The Labute approximate surface area is 85.1 Å². The average Bonchev–Trinajstić information content (AvgIpc) is 2.16. The van der Waals surface area contributed by atoms with Gasteiger partial charge in [0.2, 0.25) is 0 Å². The highest BCUT2D eigenvalue weighted by atomic mass is 19.3. The highest BCUT2D eigenvalue weighted by molar-refractivity contribution is 5.48. The van der Waals surface area contributed by atoms with E-state index in [1.165, 1.54) is 18.2 Å². The lowest BCUT2D eigenvalue weighted by molar-refractivity contribution is -0.159. The Morgan fingerprint density at radius 1 is 1.27 bits per heavy atom. The van der Waals surface area contributed by atoms with Crippen LogP contribution in [0.4, 0.5) is 8.78 Å². The SMILES string of the molecule is CC(F)(F)Oc1ccc(C#N)cc1C#N. The zero-order chi connectivity index (χ0) is 11.5. The first-order valence-electron chi connectivity index (χ1n) is 3.97. The summed E-state index contributed by atoms with van der Waals surface area (Å²) in [4.78, 5) is 0. The monoisotopic (exact) mass is 208 g/mol. The Hall–Kier alpha value is -2.14. The van der Waals surface area contributed by atoms with E-state index < -0.39 is 6.11 Å². The van der Waals surface area contributed by atoms with E-state index in [9.17, 15) is 8.78 Å². The van der Waals surface area contributed by atoms with Gasteiger partial charge in [0.15, 0.2) is 0 Å². The second-order valence-corrected chi connectivity index (χ2v) is 2.84. The topological polar surface area (TPSA) is 56.8 Å². The molecule has 0 bridgehead atoms. The van der Waals surface area contributed by atoms with Gasteiger partial charge in [-0.3, -0.25) is 0 Å². The van der Waals surface area contributed by atoms with Gasteiger partial charge in [-0.05, 0) is 18.2 Å². The maximum Gasteiger partial charge on any atom is 0.394 e. The third kappa shape index (κ3) is 2.92. The molecule has 0 aromatic heterocycles. The third-order valence-corrected chi connectivity index (χ3v) is 1.52. The summed E-state index contributed by atoms with van der Waals surface area (Å²) in [5.41, 5.74) is 0.133. The number of alkyl halides is 2. The quantitative estimate of drug-likeness (QED) is 0.749. The summed E-state index contributed by atoms with van der Waals surface area (Å²) >= 11 is 0. The zero-order valence-corrected chi connectivity index (χ0v) is 7.79. The first-order valence-corrected chi connectivity index (χ1v) is 3.97. The van der Waals surface area contributed by atoms with E-state index >= 15 is 0 Å². The van der Waals surface area contributed by atoms with Gasteiger partial charge in [-0.15, -0.1) is 0 Å². The predicted molar refractivity (Wildman–Crippen MR) is 47.1 cm³/mol.